The Labute approximate surface area is 324 Å². The van der Waals surface area contributed by atoms with E-state index in [4.69, 9.17) is 0 Å². The fourth-order valence-corrected chi connectivity index (χ4v) is 8.12. The predicted octanol–water partition coefficient (Wildman–Crippen LogP) is 12.7. The van der Waals surface area contributed by atoms with Gasteiger partial charge in [0.1, 0.15) is 0 Å². The van der Waals surface area contributed by atoms with Crippen LogP contribution in [0.15, 0.2) is 131 Å². The Morgan fingerprint density at radius 2 is 1.00 bits per heavy atom. The van der Waals surface area contributed by atoms with Gasteiger partial charge in [-0.1, -0.05) is 48.5 Å². The van der Waals surface area contributed by atoms with Crippen LogP contribution in [-0.4, -0.2) is 15.8 Å². The number of halogens is 6. The average Bonchev–Trinajstić information content (AvgIpc) is 3.92. The van der Waals surface area contributed by atoms with Gasteiger partial charge in [-0.05, 0) is 92.3 Å². The van der Waals surface area contributed by atoms with Gasteiger partial charge in [-0.15, -0.1) is 0 Å². The molecule has 0 saturated heterocycles. The zero-order valence-corrected chi connectivity index (χ0v) is 30.6. The molecule has 0 atom stereocenters. The van der Waals surface area contributed by atoms with Gasteiger partial charge in [0.2, 0.25) is 0 Å². The van der Waals surface area contributed by atoms with Crippen LogP contribution in [0.3, 0.4) is 0 Å². The van der Waals surface area contributed by atoms with Gasteiger partial charge in [-0.25, -0.2) is 0 Å². The van der Waals surface area contributed by atoms with Crippen molar-refractivity contribution in [2.24, 2.45) is 0 Å². The molecule has 0 amide bonds. The highest BCUT2D eigenvalue weighted by atomic mass is 32.1. The summed E-state index contributed by atoms with van der Waals surface area (Å²) in [6.45, 7) is 0.975. The number of pyridine rings is 2. The topological polar surface area (TPSA) is 66.9 Å². The van der Waals surface area contributed by atoms with Crippen LogP contribution in [0.1, 0.15) is 38.2 Å². The van der Waals surface area contributed by atoms with Crippen LogP contribution >= 0.6 is 22.7 Å². The van der Waals surface area contributed by atoms with Gasteiger partial charge in [-0.2, -0.15) is 49.0 Å². The normalized spacial score (nSPS) is 12.0. The molecule has 0 aliphatic carbocycles. The van der Waals surface area contributed by atoms with Crippen LogP contribution in [0.5, 0.6) is 0 Å². The molecular weight excluding hydrogens is 767 g/mol. The molecule has 0 unspecified atom stereocenters. The zero-order chi connectivity index (χ0) is 39.0. The van der Waals surface area contributed by atoms with E-state index in [1.807, 2.05) is 45.8 Å². The lowest BCUT2D eigenvalue weighted by atomic mass is 9.87. The molecule has 0 saturated carbocycles. The lowest BCUT2D eigenvalue weighted by Gasteiger charge is -2.19. The van der Waals surface area contributed by atoms with Crippen molar-refractivity contribution in [3.63, 3.8) is 0 Å². The summed E-state index contributed by atoms with van der Waals surface area (Å²) >= 11 is 3.09. The Hall–Kier alpha value is -6.05. The number of benzene rings is 4. The average molecular weight is 795 g/mol. The Kier molecular flexibility index (Phi) is 9.81. The summed E-state index contributed by atoms with van der Waals surface area (Å²) in [6, 6.07) is 25.3. The SMILES string of the molecule is O=C(c1cnc2c(C(F)(F)F)cccc2c1-c1cccc(NCc2ccsc2)c1)c1cnc2c(C(F)(F)F)cccc2c1-c1cccc(NCc2ccsc2)c1. The highest BCUT2D eigenvalue weighted by Crippen LogP contribution is 2.43. The fourth-order valence-electron chi connectivity index (χ4n) is 6.78. The number of carbonyl (C=O) groups is 1. The number of aromatic nitrogens is 2. The molecule has 8 aromatic rings. The van der Waals surface area contributed by atoms with Crippen molar-refractivity contribution in [1.29, 1.82) is 0 Å². The van der Waals surface area contributed by atoms with Gasteiger partial charge in [0, 0.05) is 69.9 Å². The molecule has 0 spiro atoms. The molecule has 2 N–H and O–H groups in total. The first-order valence-corrected chi connectivity index (χ1v) is 19.1. The summed E-state index contributed by atoms with van der Waals surface area (Å²) in [4.78, 5) is 23.5. The van der Waals surface area contributed by atoms with Gasteiger partial charge in [0.05, 0.1) is 22.2 Å². The highest BCUT2D eigenvalue weighted by Gasteiger charge is 2.36. The second-order valence-corrected chi connectivity index (χ2v) is 14.5. The third-order valence-electron chi connectivity index (χ3n) is 9.35. The van der Waals surface area contributed by atoms with Crippen LogP contribution in [0, 0.1) is 0 Å². The minimum atomic E-state index is -4.74. The molecule has 0 bridgehead atoms. The molecule has 0 fully saturated rings. The predicted molar refractivity (Wildman–Crippen MR) is 211 cm³/mol. The molecule has 0 radical (unpaired) electrons. The number of nitrogens with one attached hydrogen (secondary N) is 2. The molecule has 5 nitrogen and oxygen atoms in total. The molecule has 0 aliphatic rings. The standard InChI is InChI=1S/C43H28F6N4OS2/c44-42(45,46)35-11-3-9-31-37(27-5-1-7-29(17-27)50-19-25-13-15-55-23-25)33(21-52-39(31)35)41(54)34-22-53-40-32(10-4-12-36(40)43(47,48)49)38(34)28-6-2-8-30(18-28)51-20-26-14-16-56-24-26/h1-18,21-24,50-51H,19-20H2. The van der Waals surface area contributed by atoms with E-state index in [9.17, 15) is 26.3 Å². The Bertz CT molecular complexity index is 2520. The first-order chi connectivity index (χ1) is 27.0. The van der Waals surface area contributed by atoms with Gasteiger partial charge >= 0.3 is 12.4 Å². The lowest BCUT2D eigenvalue weighted by Crippen LogP contribution is -2.12. The summed E-state index contributed by atoms with van der Waals surface area (Å²) in [5, 5.41) is 14.7. The van der Waals surface area contributed by atoms with Crippen molar-refractivity contribution in [3.05, 3.63) is 164 Å². The monoisotopic (exact) mass is 794 g/mol. The molecule has 0 aliphatic heterocycles. The minimum absolute atomic E-state index is 0.0482. The van der Waals surface area contributed by atoms with E-state index in [-0.39, 0.29) is 44.1 Å². The minimum Gasteiger partial charge on any atom is -0.381 e. The van der Waals surface area contributed by atoms with Gasteiger partial charge in [0.25, 0.3) is 0 Å². The van der Waals surface area contributed by atoms with E-state index >= 15 is 4.79 Å². The number of thiophene rings is 2. The van der Waals surface area contributed by atoms with E-state index in [2.05, 4.69) is 20.6 Å². The first kappa shape index (κ1) is 36.9. The summed E-state index contributed by atoms with van der Waals surface area (Å²) in [7, 11) is 0. The van der Waals surface area contributed by atoms with Gasteiger partial charge in [-0.3, -0.25) is 14.8 Å². The van der Waals surface area contributed by atoms with Gasteiger partial charge in [0.15, 0.2) is 5.78 Å². The third kappa shape index (κ3) is 7.35. The third-order valence-corrected chi connectivity index (χ3v) is 10.8. The van der Waals surface area contributed by atoms with Crippen molar-refractivity contribution in [2.75, 3.05) is 10.6 Å². The maximum absolute atomic E-state index is 15.1. The second kappa shape index (κ2) is 14.9. The van der Waals surface area contributed by atoms with Crippen molar-refractivity contribution >= 4 is 61.6 Å². The molecule has 280 valence electrons. The number of fused-ring (bicyclic) bond motifs is 2. The molecule has 56 heavy (non-hydrogen) atoms. The quantitative estimate of drug-likeness (QED) is 0.107. The van der Waals surface area contributed by atoms with Crippen molar-refractivity contribution < 1.29 is 31.1 Å². The van der Waals surface area contributed by atoms with Crippen molar-refractivity contribution in [1.82, 2.24) is 9.97 Å². The largest absolute Gasteiger partial charge is 0.418 e. The molecule has 4 aromatic carbocycles. The molecular formula is C43H28F6N4OS2. The Morgan fingerprint density at radius 1 is 0.571 bits per heavy atom. The number of nitrogens with zero attached hydrogens (tertiary/aromatic N) is 2. The van der Waals surface area contributed by atoms with E-state index < -0.39 is 29.3 Å². The summed E-state index contributed by atoms with van der Waals surface area (Å²) in [5.74, 6) is -0.679. The fraction of sp³-hybridized carbons (Fsp3) is 0.0930. The number of ketones is 1. The molecule has 4 aromatic heterocycles. The van der Waals surface area contributed by atoms with Crippen molar-refractivity contribution in [3.8, 4) is 22.3 Å². The number of anilines is 2. The molecule has 8 rings (SSSR count). The number of alkyl halides is 6. The zero-order valence-electron chi connectivity index (χ0n) is 29.0. The number of carbonyl (C=O) groups excluding carboxylic acids is 1. The van der Waals surface area contributed by atoms with Gasteiger partial charge < -0.3 is 10.6 Å². The van der Waals surface area contributed by atoms with E-state index in [1.165, 1.54) is 24.3 Å². The molecule has 13 heteroatoms. The number of hydrogen-bond acceptors (Lipinski definition) is 7. The highest BCUT2D eigenvalue weighted by molar-refractivity contribution is 7.08. The maximum Gasteiger partial charge on any atom is 0.418 e. The second-order valence-electron chi connectivity index (χ2n) is 13.0. The summed E-state index contributed by atoms with van der Waals surface area (Å²) in [6.07, 6.45) is -7.26. The van der Waals surface area contributed by atoms with Crippen LogP contribution in [0.25, 0.3) is 44.1 Å². The Balaban J connectivity index is 1.33. The summed E-state index contributed by atoms with van der Waals surface area (Å²) < 4.78 is 86.0. The van der Waals surface area contributed by atoms with Crippen molar-refractivity contribution in [2.45, 2.75) is 25.4 Å². The lowest BCUT2D eigenvalue weighted by molar-refractivity contribution is -0.137. The van der Waals surface area contributed by atoms with Crippen LogP contribution in [0.2, 0.25) is 0 Å². The smallest absolute Gasteiger partial charge is 0.381 e. The number of rotatable bonds is 10. The van der Waals surface area contributed by atoms with E-state index in [0.29, 0.717) is 35.6 Å². The number of hydrogen-bond donors (Lipinski definition) is 2. The summed E-state index contributed by atoms with van der Waals surface area (Å²) in [5.41, 5.74) is 1.90. The van der Waals surface area contributed by atoms with E-state index in [1.54, 1.807) is 59.1 Å². The van der Waals surface area contributed by atoms with E-state index in [0.717, 1.165) is 35.7 Å². The first-order valence-electron chi connectivity index (χ1n) is 17.2. The van der Waals surface area contributed by atoms with Crippen LogP contribution < -0.4 is 10.6 Å². The van der Waals surface area contributed by atoms with Crippen LogP contribution in [0.4, 0.5) is 37.7 Å². The number of para-hydroxylation sites is 2. The van der Waals surface area contributed by atoms with Crippen LogP contribution in [-0.2, 0) is 25.4 Å². The maximum atomic E-state index is 15.1. The Morgan fingerprint density at radius 3 is 1.39 bits per heavy atom. The molecule has 4 heterocycles.